The third-order valence-corrected chi connectivity index (χ3v) is 4.60. The molecule has 2 heterocycles. The molecule has 1 amide bonds. The van der Waals surface area contributed by atoms with Crippen LogP contribution < -0.4 is 11.1 Å². The van der Waals surface area contributed by atoms with Crippen molar-refractivity contribution >= 4 is 28.2 Å². The molecule has 3 N–H and O–H groups in total. The lowest BCUT2D eigenvalue weighted by molar-refractivity contribution is 0.100. The highest BCUT2D eigenvalue weighted by Crippen LogP contribution is 2.32. The Morgan fingerprint density at radius 2 is 1.93 bits per heavy atom. The number of nitrogens with one attached hydrogen (secondary N) is 1. The first-order chi connectivity index (χ1) is 13.7. The van der Waals surface area contributed by atoms with Gasteiger partial charge in [0.15, 0.2) is 0 Å². The van der Waals surface area contributed by atoms with Crippen LogP contribution in [0.2, 0.25) is 0 Å². The van der Waals surface area contributed by atoms with Gasteiger partial charge < -0.3 is 11.1 Å². The van der Waals surface area contributed by atoms with Crippen molar-refractivity contribution in [2.45, 2.75) is 19.9 Å². The predicted molar refractivity (Wildman–Crippen MR) is 111 cm³/mol. The normalized spacial score (nSPS) is 10.9. The molecule has 2 aromatic heterocycles. The molecule has 140 valence electrons. The summed E-state index contributed by atoms with van der Waals surface area (Å²) in [6, 6.07) is 15.7. The SMILES string of the molecule is CCCn1cc(-c2ccc3ncc(C(N)=O)c(Nc4ccccc4)c3c2)cn1. The number of para-hydroxylation sites is 1. The van der Waals surface area contributed by atoms with E-state index in [2.05, 4.69) is 22.3 Å². The van der Waals surface area contributed by atoms with Crippen LogP contribution in [0.5, 0.6) is 0 Å². The van der Waals surface area contributed by atoms with E-state index in [0.29, 0.717) is 11.3 Å². The standard InChI is InChI=1S/C22H21N5O/c1-2-10-27-14-16(12-25-27)15-8-9-20-18(11-15)21(19(13-24-20)22(23)28)26-17-6-4-3-5-7-17/h3-9,11-14H,2,10H2,1H3,(H2,23,28)(H,24,26). The summed E-state index contributed by atoms with van der Waals surface area (Å²) in [5.74, 6) is -0.519. The van der Waals surface area contributed by atoms with Gasteiger partial charge in [-0.2, -0.15) is 5.10 Å². The molecule has 4 rings (SSSR count). The molecule has 2 aromatic carbocycles. The fourth-order valence-corrected chi connectivity index (χ4v) is 3.22. The monoisotopic (exact) mass is 371 g/mol. The van der Waals surface area contributed by atoms with Gasteiger partial charge in [-0.25, -0.2) is 0 Å². The number of pyridine rings is 1. The fourth-order valence-electron chi connectivity index (χ4n) is 3.22. The van der Waals surface area contributed by atoms with Crippen molar-refractivity contribution < 1.29 is 4.79 Å². The van der Waals surface area contributed by atoms with E-state index in [1.807, 2.05) is 65.6 Å². The van der Waals surface area contributed by atoms with Crippen LogP contribution in [0.3, 0.4) is 0 Å². The van der Waals surface area contributed by atoms with Crippen LogP contribution in [0.15, 0.2) is 67.1 Å². The number of rotatable bonds is 6. The summed E-state index contributed by atoms with van der Waals surface area (Å²) < 4.78 is 1.93. The van der Waals surface area contributed by atoms with E-state index in [4.69, 9.17) is 5.73 Å². The van der Waals surface area contributed by atoms with Crippen molar-refractivity contribution in [2.75, 3.05) is 5.32 Å². The number of carbonyl (C=O) groups is 1. The van der Waals surface area contributed by atoms with Gasteiger partial charge in [0.05, 0.1) is 23.0 Å². The van der Waals surface area contributed by atoms with Crippen molar-refractivity contribution in [1.82, 2.24) is 14.8 Å². The molecule has 0 fully saturated rings. The van der Waals surface area contributed by atoms with Crippen LogP contribution in [0.25, 0.3) is 22.0 Å². The molecule has 0 bridgehead atoms. The van der Waals surface area contributed by atoms with E-state index in [9.17, 15) is 4.79 Å². The molecule has 0 spiro atoms. The Hall–Kier alpha value is -3.67. The quantitative estimate of drug-likeness (QED) is 0.527. The topological polar surface area (TPSA) is 85.8 Å². The van der Waals surface area contributed by atoms with Crippen molar-refractivity contribution in [3.8, 4) is 11.1 Å². The maximum Gasteiger partial charge on any atom is 0.252 e. The largest absolute Gasteiger partial charge is 0.365 e. The molecule has 6 heteroatoms. The van der Waals surface area contributed by atoms with Crippen LogP contribution in [-0.4, -0.2) is 20.7 Å². The Morgan fingerprint density at radius 1 is 1.11 bits per heavy atom. The maximum atomic E-state index is 12.0. The highest BCUT2D eigenvalue weighted by atomic mass is 16.1. The molecule has 6 nitrogen and oxygen atoms in total. The van der Waals surface area contributed by atoms with Gasteiger partial charge in [-0.05, 0) is 36.2 Å². The van der Waals surface area contributed by atoms with Gasteiger partial charge in [0.1, 0.15) is 0 Å². The lowest BCUT2D eigenvalue weighted by Crippen LogP contribution is -2.14. The van der Waals surface area contributed by atoms with E-state index < -0.39 is 5.91 Å². The zero-order valence-electron chi connectivity index (χ0n) is 15.6. The zero-order valence-corrected chi connectivity index (χ0v) is 15.6. The summed E-state index contributed by atoms with van der Waals surface area (Å²) in [6.45, 7) is 3.00. The second kappa shape index (κ2) is 7.52. The second-order valence-electron chi connectivity index (χ2n) is 6.63. The number of aromatic nitrogens is 3. The fraction of sp³-hybridized carbons (Fsp3) is 0.136. The molecule has 0 aliphatic heterocycles. The second-order valence-corrected chi connectivity index (χ2v) is 6.63. The minimum Gasteiger partial charge on any atom is -0.365 e. The molecule has 0 aliphatic carbocycles. The number of carbonyl (C=O) groups excluding carboxylic acids is 1. The first-order valence-electron chi connectivity index (χ1n) is 9.23. The molecule has 4 aromatic rings. The van der Waals surface area contributed by atoms with Crippen LogP contribution >= 0.6 is 0 Å². The first-order valence-corrected chi connectivity index (χ1v) is 9.23. The van der Waals surface area contributed by atoms with Gasteiger partial charge in [-0.1, -0.05) is 31.2 Å². The van der Waals surface area contributed by atoms with Crippen LogP contribution in [0.4, 0.5) is 11.4 Å². The van der Waals surface area contributed by atoms with Gasteiger partial charge in [-0.3, -0.25) is 14.5 Å². The summed E-state index contributed by atoms with van der Waals surface area (Å²) in [4.78, 5) is 16.4. The smallest absolute Gasteiger partial charge is 0.252 e. The summed E-state index contributed by atoms with van der Waals surface area (Å²) in [5, 5.41) is 8.58. The average Bonchev–Trinajstić information content (AvgIpc) is 3.17. The molecule has 0 radical (unpaired) electrons. The number of hydrogen-bond acceptors (Lipinski definition) is 4. The molecular formula is C22H21N5O. The molecule has 0 atom stereocenters. The van der Waals surface area contributed by atoms with Crippen molar-refractivity contribution in [2.24, 2.45) is 5.73 Å². The van der Waals surface area contributed by atoms with Crippen LogP contribution in [0, 0.1) is 0 Å². The lowest BCUT2D eigenvalue weighted by Gasteiger charge is -2.14. The summed E-state index contributed by atoms with van der Waals surface area (Å²) in [7, 11) is 0. The molecule has 0 aliphatic rings. The minimum atomic E-state index is -0.519. The zero-order chi connectivity index (χ0) is 19.5. The number of fused-ring (bicyclic) bond motifs is 1. The molecular weight excluding hydrogens is 350 g/mol. The highest BCUT2D eigenvalue weighted by Gasteiger charge is 2.15. The first kappa shape index (κ1) is 17.7. The average molecular weight is 371 g/mol. The Kier molecular flexibility index (Phi) is 4.76. The van der Waals surface area contributed by atoms with Crippen LogP contribution in [-0.2, 0) is 6.54 Å². The molecule has 0 saturated heterocycles. The Labute approximate surface area is 163 Å². The summed E-state index contributed by atoms with van der Waals surface area (Å²) in [6.07, 6.45) is 6.43. The number of nitrogens with two attached hydrogens (primary N) is 1. The summed E-state index contributed by atoms with van der Waals surface area (Å²) in [5.41, 5.74) is 10.3. The number of primary amides is 1. The van der Waals surface area contributed by atoms with E-state index >= 15 is 0 Å². The molecule has 28 heavy (non-hydrogen) atoms. The highest BCUT2D eigenvalue weighted by molar-refractivity contribution is 6.08. The predicted octanol–water partition coefficient (Wildman–Crippen LogP) is 4.35. The van der Waals surface area contributed by atoms with Crippen LogP contribution in [0.1, 0.15) is 23.7 Å². The maximum absolute atomic E-state index is 12.0. The number of hydrogen-bond donors (Lipinski definition) is 2. The van der Waals surface area contributed by atoms with E-state index in [0.717, 1.165) is 40.7 Å². The molecule has 0 saturated carbocycles. The Balaban J connectivity index is 1.85. The number of aryl methyl sites for hydroxylation is 1. The van der Waals surface area contributed by atoms with Gasteiger partial charge in [0, 0.05) is 35.6 Å². The molecule has 0 unspecified atom stereocenters. The minimum absolute atomic E-state index is 0.357. The lowest BCUT2D eigenvalue weighted by atomic mass is 10.0. The Morgan fingerprint density at radius 3 is 2.68 bits per heavy atom. The van der Waals surface area contributed by atoms with Gasteiger partial charge in [0.25, 0.3) is 5.91 Å². The third kappa shape index (κ3) is 3.44. The third-order valence-electron chi connectivity index (χ3n) is 4.60. The van der Waals surface area contributed by atoms with Crippen molar-refractivity contribution in [3.63, 3.8) is 0 Å². The number of amides is 1. The van der Waals surface area contributed by atoms with Crippen molar-refractivity contribution in [1.29, 1.82) is 0 Å². The Bertz CT molecular complexity index is 1130. The number of benzene rings is 2. The van der Waals surface area contributed by atoms with E-state index in [1.165, 1.54) is 6.20 Å². The number of nitrogens with zero attached hydrogens (tertiary/aromatic N) is 3. The summed E-state index contributed by atoms with van der Waals surface area (Å²) >= 11 is 0. The number of anilines is 2. The van der Waals surface area contributed by atoms with E-state index in [-0.39, 0.29) is 0 Å². The van der Waals surface area contributed by atoms with Gasteiger partial charge >= 0.3 is 0 Å². The van der Waals surface area contributed by atoms with Gasteiger partial charge in [-0.15, -0.1) is 0 Å². The van der Waals surface area contributed by atoms with Crippen molar-refractivity contribution in [3.05, 3.63) is 72.7 Å². The van der Waals surface area contributed by atoms with E-state index in [1.54, 1.807) is 0 Å². The van der Waals surface area contributed by atoms with Gasteiger partial charge in [0.2, 0.25) is 0 Å².